The Morgan fingerprint density at radius 1 is 1.10 bits per heavy atom. The van der Waals surface area contributed by atoms with Crippen molar-refractivity contribution in [2.45, 2.75) is 33.1 Å². The fourth-order valence-corrected chi connectivity index (χ4v) is 2.07. The van der Waals surface area contributed by atoms with Crippen molar-refractivity contribution in [2.24, 2.45) is 0 Å². The second kappa shape index (κ2) is 5.64. The van der Waals surface area contributed by atoms with E-state index in [1.54, 1.807) is 19.2 Å². The third-order valence-electron chi connectivity index (χ3n) is 3.23. The number of methoxy groups -OCH3 is 1. The number of nitrogens with zero attached hydrogens (tertiary/aromatic N) is 1. The van der Waals surface area contributed by atoms with Gasteiger partial charge in [-0.05, 0) is 30.0 Å². The second-order valence-electron chi connectivity index (χ2n) is 6.10. The van der Waals surface area contributed by atoms with Gasteiger partial charge in [0.05, 0.1) is 12.8 Å². The van der Waals surface area contributed by atoms with Crippen LogP contribution in [0.2, 0.25) is 0 Å². The zero-order valence-corrected chi connectivity index (χ0v) is 13.2. The van der Waals surface area contributed by atoms with E-state index in [4.69, 9.17) is 15.2 Å². The number of aromatic nitrogens is 1. The van der Waals surface area contributed by atoms with Gasteiger partial charge >= 0.3 is 0 Å². The van der Waals surface area contributed by atoms with Crippen LogP contribution in [0.25, 0.3) is 0 Å². The molecule has 4 nitrogen and oxygen atoms in total. The average molecular weight is 286 g/mol. The summed E-state index contributed by atoms with van der Waals surface area (Å²) in [5, 5.41) is 0. The van der Waals surface area contributed by atoms with Crippen molar-refractivity contribution in [3.63, 3.8) is 0 Å². The third-order valence-corrected chi connectivity index (χ3v) is 3.23. The molecule has 2 rings (SSSR count). The highest BCUT2D eigenvalue weighted by molar-refractivity contribution is 5.52. The molecule has 0 aliphatic carbocycles. The highest BCUT2D eigenvalue weighted by Crippen LogP contribution is 2.36. The minimum Gasteiger partial charge on any atom is -0.481 e. The molecular formula is C17H22N2O2. The van der Waals surface area contributed by atoms with Crippen LogP contribution >= 0.6 is 0 Å². The van der Waals surface area contributed by atoms with E-state index in [9.17, 15) is 0 Å². The van der Waals surface area contributed by atoms with Crippen molar-refractivity contribution in [3.8, 4) is 17.5 Å². The number of hydrogen-bond acceptors (Lipinski definition) is 4. The van der Waals surface area contributed by atoms with Crippen LogP contribution in [0.5, 0.6) is 17.5 Å². The van der Waals surface area contributed by atoms with Crippen LogP contribution in [0.15, 0.2) is 30.3 Å². The molecule has 112 valence electrons. The second-order valence-corrected chi connectivity index (χ2v) is 6.10. The van der Waals surface area contributed by atoms with E-state index in [1.165, 1.54) is 0 Å². The van der Waals surface area contributed by atoms with Gasteiger partial charge in [-0.1, -0.05) is 32.9 Å². The topological polar surface area (TPSA) is 57.4 Å². The first-order valence-corrected chi connectivity index (χ1v) is 6.91. The maximum absolute atomic E-state index is 5.97. The molecule has 2 N–H and O–H groups in total. The Balaban J connectivity index is 2.46. The fraction of sp³-hybridized carbons (Fsp3) is 0.353. The predicted molar refractivity (Wildman–Crippen MR) is 85.2 cm³/mol. The molecule has 0 fully saturated rings. The normalized spacial score (nSPS) is 11.3. The largest absolute Gasteiger partial charge is 0.481 e. The molecule has 21 heavy (non-hydrogen) atoms. The molecule has 0 atom stereocenters. The summed E-state index contributed by atoms with van der Waals surface area (Å²) < 4.78 is 11.1. The van der Waals surface area contributed by atoms with Gasteiger partial charge in [0.1, 0.15) is 5.75 Å². The van der Waals surface area contributed by atoms with Gasteiger partial charge in [0, 0.05) is 11.6 Å². The molecule has 0 radical (unpaired) electrons. The maximum atomic E-state index is 5.97. The summed E-state index contributed by atoms with van der Waals surface area (Å²) in [7, 11) is 1.57. The molecule has 0 saturated carbocycles. The van der Waals surface area contributed by atoms with Gasteiger partial charge in [0.15, 0.2) is 0 Å². The highest BCUT2D eigenvalue weighted by atomic mass is 16.5. The zero-order valence-electron chi connectivity index (χ0n) is 13.2. The van der Waals surface area contributed by atoms with Gasteiger partial charge in [0.2, 0.25) is 11.8 Å². The molecule has 0 saturated heterocycles. The maximum Gasteiger partial charge on any atom is 0.246 e. The van der Waals surface area contributed by atoms with Crippen LogP contribution in [0.1, 0.15) is 31.9 Å². The summed E-state index contributed by atoms with van der Waals surface area (Å²) in [4.78, 5) is 4.27. The molecule has 1 aromatic heterocycles. The van der Waals surface area contributed by atoms with Gasteiger partial charge in [-0.3, -0.25) is 0 Å². The predicted octanol–water partition coefficient (Wildman–Crippen LogP) is 4.07. The van der Waals surface area contributed by atoms with E-state index in [-0.39, 0.29) is 5.41 Å². The number of ether oxygens (including phenoxy) is 2. The lowest BCUT2D eigenvalue weighted by molar-refractivity contribution is 0.381. The van der Waals surface area contributed by atoms with Crippen LogP contribution in [-0.4, -0.2) is 12.1 Å². The van der Waals surface area contributed by atoms with Crippen molar-refractivity contribution in [1.82, 2.24) is 4.98 Å². The van der Waals surface area contributed by atoms with E-state index in [0.29, 0.717) is 17.4 Å². The Labute approximate surface area is 125 Å². The van der Waals surface area contributed by atoms with Gasteiger partial charge in [-0.25, -0.2) is 0 Å². The van der Waals surface area contributed by atoms with Gasteiger partial charge < -0.3 is 15.2 Å². The van der Waals surface area contributed by atoms with Crippen molar-refractivity contribution in [2.75, 3.05) is 12.8 Å². The van der Waals surface area contributed by atoms with Gasteiger partial charge in [-0.15, -0.1) is 0 Å². The number of hydrogen-bond donors (Lipinski definition) is 1. The van der Waals surface area contributed by atoms with Crippen LogP contribution in [0, 0.1) is 6.92 Å². The number of benzene rings is 1. The molecule has 0 bridgehead atoms. The Kier molecular flexibility index (Phi) is 4.07. The molecule has 2 aromatic rings. The van der Waals surface area contributed by atoms with Crippen LogP contribution in [0.3, 0.4) is 0 Å². The van der Waals surface area contributed by atoms with E-state index >= 15 is 0 Å². The summed E-state index contributed by atoms with van der Waals surface area (Å²) in [6.07, 6.45) is 0. The zero-order chi connectivity index (χ0) is 15.6. The molecule has 0 aliphatic rings. The molecule has 0 spiro atoms. The molecule has 0 amide bonds. The van der Waals surface area contributed by atoms with Crippen molar-refractivity contribution in [1.29, 1.82) is 0 Å². The standard InChI is InChI=1S/C17H22N2O2/c1-11-6-7-12(17(2,3)4)14(10-11)21-16-13(18)8-9-15(19-16)20-5/h6-10H,18H2,1-5H3. The highest BCUT2D eigenvalue weighted by Gasteiger charge is 2.20. The Bertz CT molecular complexity index is 646. The molecule has 0 aliphatic heterocycles. The average Bonchev–Trinajstić information content (AvgIpc) is 2.40. The van der Waals surface area contributed by atoms with Crippen molar-refractivity contribution < 1.29 is 9.47 Å². The number of rotatable bonds is 3. The SMILES string of the molecule is COc1ccc(N)c(Oc2cc(C)ccc2C(C)(C)C)n1. The summed E-state index contributed by atoms with van der Waals surface area (Å²) in [6.45, 7) is 8.47. The summed E-state index contributed by atoms with van der Waals surface area (Å²) in [6, 6.07) is 9.61. The molecule has 4 heteroatoms. The number of nitrogens with two attached hydrogens (primary N) is 1. The number of pyridine rings is 1. The first-order valence-electron chi connectivity index (χ1n) is 6.91. The Morgan fingerprint density at radius 3 is 2.43 bits per heavy atom. The first-order chi connectivity index (χ1) is 9.81. The quantitative estimate of drug-likeness (QED) is 0.924. The molecule has 1 aromatic carbocycles. The molecule has 0 unspecified atom stereocenters. The number of aryl methyl sites for hydroxylation is 1. The minimum atomic E-state index is -0.0311. The van der Waals surface area contributed by atoms with Crippen molar-refractivity contribution in [3.05, 3.63) is 41.5 Å². The monoisotopic (exact) mass is 286 g/mol. The smallest absolute Gasteiger partial charge is 0.246 e. The van der Waals surface area contributed by atoms with Crippen LogP contribution in [0.4, 0.5) is 5.69 Å². The van der Waals surface area contributed by atoms with Crippen molar-refractivity contribution >= 4 is 5.69 Å². The number of nitrogen functional groups attached to an aromatic ring is 1. The minimum absolute atomic E-state index is 0.0311. The molecule has 1 heterocycles. The lowest BCUT2D eigenvalue weighted by Gasteiger charge is -2.23. The summed E-state index contributed by atoms with van der Waals surface area (Å²) in [5.41, 5.74) is 8.63. The van der Waals surface area contributed by atoms with Crippen LogP contribution in [-0.2, 0) is 5.41 Å². The number of anilines is 1. The third kappa shape index (κ3) is 3.45. The lowest BCUT2D eigenvalue weighted by atomic mass is 9.86. The van der Waals surface area contributed by atoms with E-state index < -0.39 is 0 Å². The molecular weight excluding hydrogens is 264 g/mol. The first kappa shape index (κ1) is 15.2. The Morgan fingerprint density at radius 2 is 1.81 bits per heavy atom. The van der Waals surface area contributed by atoms with Crippen LogP contribution < -0.4 is 15.2 Å². The lowest BCUT2D eigenvalue weighted by Crippen LogP contribution is -2.13. The van der Waals surface area contributed by atoms with Gasteiger partial charge in [0.25, 0.3) is 0 Å². The van der Waals surface area contributed by atoms with E-state index in [1.807, 2.05) is 13.0 Å². The van der Waals surface area contributed by atoms with Gasteiger partial charge in [-0.2, -0.15) is 4.98 Å². The summed E-state index contributed by atoms with van der Waals surface area (Å²) in [5.74, 6) is 1.62. The fourth-order valence-electron chi connectivity index (χ4n) is 2.07. The Hall–Kier alpha value is -2.23. The summed E-state index contributed by atoms with van der Waals surface area (Å²) >= 11 is 0. The van der Waals surface area contributed by atoms with E-state index in [2.05, 4.69) is 37.9 Å². The van der Waals surface area contributed by atoms with E-state index in [0.717, 1.165) is 16.9 Å².